The average Bonchev–Trinajstić information content (AvgIpc) is 2.89. The molecule has 7 nitrogen and oxygen atoms in total. The van der Waals surface area contributed by atoms with Gasteiger partial charge < -0.3 is 19.3 Å². The van der Waals surface area contributed by atoms with Gasteiger partial charge in [-0.25, -0.2) is 18.6 Å². The molecule has 0 saturated carbocycles. The zero-order valence-corrected chi connectivity index (χ0v) is 22.3. The number of methoxy groups -OCH3 is 1. The van der Waals surface area contributed by atoms with E-state index in [-0.39, 0.29) is 22.3 Å². The van der Waals surface area contributed by atoms with Gasteiger partial charge >= 0.3 is 6.09 Å². The van der Waals surface area contributed by atoms with Crippen LogP contribution in [0.1, 0.15) is 20.8 Å². The first-order valence-electron chi connectivity index (χ1n) is 12.2. The lowest BCUT2D eigenvalue weighted by Gasteiger charge is -2.37. The largest absolute Gasteiger partial charge is 0.493 e. The molecule has 0 aliphatic carbocycles. The van der Waals surface area contributed by atoms with Crippen LogP contribution in [0.15, 0.2) is 42.7 Å². The molecule has 0 spiro atoms. The van der Waals surface area contributed by atoms with Gasteiger partial charge in [0.15, 0.2) is 11.6 Å². The van der Waals surface area contributed by atoms with Crippen molar-refractivity contribution in [3.63, 3.8) is 0 Å². The quantitative estimate of drug-likeness (QED) is 0.297. The number of benzene rings is 2. The first kappa shape index (κ1) is 25.9. The highest BCUT2D eigenvalue weighted by Crippen LogP contribution is 2.40. The zero-order chi connectivity index (χ0) is 27.2. The van der Waals surface area contributed by atoms with Crippen LogP contribution in [0.4, 0.5) is 19.3 Å². The number of hydrogen-bond donors (Lipinski definition) is 0. The van der Waals surface area contributed by atoms with Gasteiger partial charge in [-0.15, -0.1) is 0 Å². The predicted octanol–water partition coefficient (Wildman–Crippen LogP) is 6.45. The van der Waals surface area contributed by atoms with Crippen LogP contribution in [-0.2, 0) is 4.74 Å². The summed E-state index contributed by atoms with van der Waals surface area (Å²) >= 11 is 6.29. The summed E-state index contributed by atoms with van der Waals surface area (Å²) in [5.41, 5.74) is 0.552. The summed E-state index contributed by atoms with van der Waals surface area (Å²) in [7, 11) is 1.52. The Kier molecular flexibility index (Phi) is 6.73. The Bertz CT molecular complexity index is 1550. The maximum Gasteiger partial charge on any atom is 0.410 e. The zero-order valence-electron chi connectivity index (χ0n) is 21.5. The number of carbonyl (C=O) groups is 1. The minimum Gasteiger partial charge on any atom is -0.493 e. The number of aromatic nitrogens is 2. The van der Waals surface area contributed by atoms with E-state index in [0.29, 0.717) is 59.3 Å². The Morgan fingerprint density at radius 3 is 2.45 bits per heavy atom. The normalized spacial score (nSPS) is 14.3. The standard InChI is InChI=1S/C28H27ClF2N4O3/c1-28(2,3)38-27(36)35-12-10-34(11-13-35)26-18-14-32-24(23(31)25(18)33-15-20(26)37-4)17-7-5-6-16-8-9-19(30)22(29)21(16)17/h5-9,14-15H,10-13H2,1-4H3. The molecule has 0 unspecified atom stereocenters. The van der Waals surface area contributed by atoms with E-state index in [2.05, 4.69) is 9.97 Å². The molecule has 3 heterocycles. The van der Waals surface area contributed by atoms with E-state index >= 15 is 4.39 Å². The van der Waals surface area contributed by atoms with Crippen molar-refractivity contribution in [3.8, 4) is 17.0 Å². The van der Waals surface area contributed by atoms with Gasteiger partial charge in [0.1, 0.15) is 22.6 Å². The highest BCUT2D eigenvalue weighted by molar-refractivity contribution is 6.36. The maximum atomic E-state index is 16.0. The topological polar surface area (TPSA) is 67.8 Å². The van der Waals surface area contributed by atoms with E-state index < -0.39 is 17.2 Å². The summed E-state index contributed by atoms with van der Waals surface area (Å²) in [6.07, 6.45) is 2.65. The second-order valence-electron chi connectivity index (χ2n) is 10.1. The predicted molar refractivity (Wildman–Crippen MR) is 144 cm³/mol. The van der Waals surface area contributed by atoms with Crippen LogP contribution in [0.2, 0.25) is 5.02 Å². The number of piperazine rings is 1. The number of halogens is 3. The van der Waals surface area contributed by atoms with Crippen molar-refractivity contribution in [3.05, 3.63) is 59.4 Å². The van der Waals surface area contributed by atoms with Crippen LogP contribution in [0.5, 0.6) is 5.75 Å². The number of amides is 1. The summed E-state index contributed by atoms with van der Waals surface area (Å²) in [5, 5.41) is 1.42. The Morgan fingerprint density at radius 1 is 1.03 bits per heavy atom. The first-order chi connectivity index (χ1) is 18.1. The molecule has 5 rings (SSSR count). The van der Waals surface area contributed by atoms with Crippen molar-refractivity contribution in [2.75, 3.05) is 38.2 Å². The maximum absolute atomic E-state index is 16.0. The van der Waals surface area contributed by atoms with E-state index in [9.17, 15) is 9.18 Å². The molecule has 1 aliphatic rings. The molecule has 1 saturated heterocycles. The second-order valence-corrected chi connectivity index (χ2v) is 10.5. The molecule has 0 atom stereocenters. The lowest BCUT2D eigenvalue weighted by molar-refractivity contribution is 0.0240. The lowest BCUT2D eigenvalue weighted by Crippen LogP contribution is -2.50. The van der Waals surface area contributed by atoms with Crippen molar-refractivity contribution < 1.29 is 23.0 Å². The number of anilines is 1. The number of nitrogens with zero attached hydrogens (tertiary/aromatic N) is 4. The molecular formula is C28H27ClF2N4O3. The van der Waals surface area contributed by atoms with E-state index in [0.717, 1.165) is 0 Å². The Hall–Kier alpha value is -3.72. The van der Waals surface area contributed by atoms with Gasteiger partial charge in [-0.3, -0.25) is 4.98 Å². The van der Waals surface area contributed by atoms with E-state index in [1.807, 2.05) is 25.7 Å². The third-order valence-corrected chi connectivity index (χ3v) is 6.82. The van der Waals surface area contributed by atoms with Crippen molar-refractivity contribution >= 4 is 45.1 Å². The van der Waals surface area contributed by atoms with Crippen LogP contribution in [0.25, 0.3) is 32.9 Å². The van der Waals surface area contributed by atoms with E-state index in [1.165, 1.54) is 19.4 Å². The van der Waals surface area contributed by atoms with Crippen molar-refractivity contribution in [1.29, 1.82) is 0 Å². The molecule has 0 bridgehead atoms. The van der Waals surface area contributed by atoms with Gasteiger partial charge in [-0.2, -0.15) is 0 Å². The molecule has 4 aromatic rings. The van der Waals surface area contributed by atoms with Crippen LogP contribution < -0.4 is 9.64 Å². The van der Waals surface area contributed by atoms with Gasteiger partial charge in [0, 0.05) is 48.7 Å². The number of carbonyl (C=O) groups excluding carboxylic acids is 1. The molecule has 0 N–H and O–H groups in total. The smallest absolute Gasteiger partial charge is 0.410 e. The van der Waals surface area contributed by atoms with Gasteiger partial charge in [0.25, 0.3) is 0 Å². The molecule has 2 aromatic heterocycles. The summed E-state index contributed by atoms with van der Waals surface area (Å²) in [6, 6.07) is 8.05. The Morgan fingerprint density at radius 2 is 1.76 bits per heavy atom. The molecule has 1 fully saturated rings. The molecule has 38 heavy (non-hydrogen) atoms. The van der Waals surface area contributed by atoms with Crippen LogP contribution in [0.3, 0.4) is 0 Å². The molecule has 0 radical (unpaired) electrons. The van der Waals surface area contributed by atoms with Crippen LogP contribution >= 0.6 is 11.6 Å². The van der Waals surface area contributed by atoms with Gasteiger partial charge in [0.05, 0.1) is 24.0 Å². The second kappa shape index (κ2) is 9.87. The Labute approximate surface area is 223 Å². The fourth-order valence-electron chi connectivity index (χ4n) is 4.70. The van der Waals surface area contributed by atoms with Gasteiger partial charge in [-0.1, -0.05) is 35.9 Å². The molecule has 198 valence electrons. The van der Waals surface area contributed by atoms with Crippen LogP contribution in [-0.4, -0.2) is 59.9 Å². The fraction of sp³-hybridized carbons (Fsp3) is 0.321. The van der Waals surface area contributed by atoms with Crippen molar-refractivity contribution in [2.45, 2.75) is 26.4 Å². The molecule has 2 aromatic carbocycles. The number of fused-ring (bicyclic) bond motifs is 2. The average molecular weight is 541 g/mol. The highest BCUT2D eigenvalue weighted by Gasteiger charge is 2.29. The van der Waals surface area contributed by atoms with Crippen molar-refractivity contribution in [2.24, 2.45) is 0 Å². The highest BCUT2D eigenvalue weighted by atomic mass is 35.5. The summed E-state index contributed by atoms with van der Waals surface area (Å²) in [4.78, 5) is 25.0. The van der Waals surface area contributed by atoms with E-state index in [1.54, 1.807) is 35.4 Å². The summed E-state index contributed by atoms with van der Waals surface area (Å²) < 4.78 is 41.4. The molecule has 10 heteroatoms. The van der Waals surface area contributed by atoms with Crippen LogP contribution in [0, 0.1) is 11.6 Å². The number of hydrogen-bond acceptors (Lipinski definition) is 6. The van der Waals surface area contributed by atoms with Crippen molar-refractivity contribution in [1.82, 2.24) is 14.9 Å². The first-order valence-corrected chi connectivity index (χ1v) is 12.6. The number of rotatable bonds is 3. The number of ether oxygens (including phenoxy) is 2. The SMILES string of the molecule is COc1cnc2c(F)c(-c3cccc4ccc(F)c(Cl)c34)ncc2c1N1CCN(C(=O)OC(C)(C)C)CC1. The fourth-order valence-corrected chi connectivity index (χ4v) is 4.98. The van der Waals surface area contributed by atoms with E-state index in [4.69, 9.17) is 21.1 Å². The van der Waals surface area contributed by atoms with Gasteiger partial charge in [0.2, 0.25) is 0 Å². The lowest BCUT2D eigenvalue weighted by atomic mass is 10.00. The minimum absolute atomic E-state index is 0.0222. The monoisotopic (exact) mass is 540 g/mol. The molecule has 1 aliphatic heterocycles. The third-order valence-electron chi connectivity index (χ3n) is 6.45. The summed E-state index contributed by atoms with van der Waals surface area (Å²) in [6.45, 7) is 7.30. The number of pyridine rings is 2. The minimum atomic E-state index is -0.647. The van der Waals surface area contributed by atoms with Gasteiger partial charge in [-0.05, 0) is 32.2 Å². The molecular weight excluding hydrogens is 514 g/mol. The third kappa shape index (κ3) is 4.67. The molecule has 1 amide bonds. The Balaban J connectivity index is 1.55. The summed E-state index contributed by atoms with van der Waals surface area (Å²) in [5.74, 6) is -0.775.